The van der Waals surface area contributed by atoms with Crippen LogP contribution in [0.5, 0.6) is 5.75 Å². The summed E-state index contributed by atoms with van der Waals surface area (Å²) >= 11 is 1.66. The number of hydrogen-bond acceptors (Lipinski definition) is 7. The zero-order chi connectivity index (χ0) is 25.5. The maximum Gasteiger partial charge on any atom is 0.248 e. The van der Waals surface area contributed by atoms with Gasteiger partial charge in [0.1, 0.15) is 18.5 Å². The SMILES string of the molecule is Cc1nc2cc(OC[C@H](O)CN3CCN(C4c5ccccc5-c5ccc(C(N)=O)cc54)CC3)ccc2s1. The highest BCUT2D eigenvalue weighted by molar-refractivity contribution is 7.18. The molecule has 1 amide bonds. The Morgan fingerprint density at radius 1 is 1.08 bits per heavy atom. The minimum Gasteiger partial charge on any atom is -0.491 e. The summed E-state index contributed by atoms with van der Waals surface area (Å²) in [5.41, 5.74) is 11.9. The first-order valence-corrected chi connectivity index (χ1v) is 13.5. The van der Waals surface area contributed by atoms with E-state index in [2.05, 4.69) is 39.0 Å². The summed E-state index contributed by atoms with van der Waals surface area (Å²) in [7, 11) is 0. The molecular formula is C29H30N4O3S. The first-order chi connectivity index (χ1) is 18.0. The number of carbonyl (C=O) groups excluding carboxylic acids is 1. The predicted octanol–water partition coefficient (Wildman–Crippen LogP) is 3.83. The second kappa shape index (κ2) is 9.87. The number of primary amides is 1. The summed E-state index contributed by atoms with van der Waals surface area (Å²) in [5, 5.41) is 11.7. The zero-order valence-corrected chi connectivity index (χ0v) is 21.6. The van der Waals surface area contributed by atoms with Gasteiger partial charge in [-0.3, -0.25) is 14.6 Å². The number of hydrogen-bond donors (Lipinski definition) is 2. The Bertz CT molecular complexity index is 1460. The number of aromatic nitrogens is 1. The van der Waals surface area contributed by atoms with Gasteiger partial charge in [0.2, 0.25) is 5.91 Å². The average Bonchev–Trinajstić information content (AvgIpc) is 3.44. The van der Waals surface area contributed by atoms with Crippen LogP contribution in [0.15, 0.2) is 60.7 Å². The second-order valence-electron chi connectivity index (χ2n) is 9.82. The van der Waals surface area contributed by atoms with Gasteiger partial charge in [-0.15, -0.1) is 11.3 Å². The Kier molecular flexibility index (Phi) is 6.42. The van der Waals surface area contributed by atoms with E-state index in [1.165, 1.54) is 16.7 Å². The largest absolute Gasteiger partial charge is 0.491 e. The van der Waals surface area contributed by atoms with Crippen molar-refractivity contribution in [3.05, 3.63) is 82.4 Å². The van der Waals surface area contributed by atoms with E-state index in [0.717, 1.165) is 52.7 Å². The second-order valence-corrected chi connectivity index (χ2v) is 11.1. The molecule has 0 spiro atoms. The molecule has 37 heavy (non-hydrogen) atoms. The highest BCUT2D eigenvalue weighted by Crippen LogP contribution is 2.46. The molecule has 4 aromatic rings. The van der Waals surface area contributed by atoms with E-state index in [4.69, 9.17) is 10.5 Å². The number of β-amino-alcohol motifs (C(OH)–C–C–N with tert-alkyl or cyclic N) is 1. The molecule has 1 unspecified atom stereocenters. The fraction of sp³-hybridized carbons (Fsp3) is 0.310. The van der Waals surface area contributed by atoms with E-state index in [1.807, 2.05) is 43.3 Å². The third kappa shape index (κ3) is 4.73. The monoisotopic (exact) mass is 514 g/mol. The number of rotatable bonds is 7. The average molecular weight is 515 g/mol. The minimum atomic E-state index is -0.578. The van der Waals surface area contributed by atoms with Gasteiger partial charge >= 0.3 is 0 Å². The lowest BCUT2D eigenvalue weighted by molar-refractivity contribution is 0.0405. The molecule has 1 saturated heterocycles. The summed E-state index contributed by atoms with van der Waals surface area (Å²) in [6, 6.07) is 20.3. The molecule has 0 bridgehead atoms. The molecular weight excluding hydrogens is 484 g/mol. The molecule has 8 heteroatoms. The number of carbonyl (C=O) groups is 1. The van der Waals surface area contributed by atoms with Crippen LogP contribution in [-0.2, 0) is 0 Å². The van der Waals surface area contributed by atoms with Crippen LogP contribution in [0.25, 0.3) is 21.3 Å². The standard InChI is InChI=1S/C29H30N4O3S/c1-18-31-26-15-21(7-9-27(26)37-18)36-17-20(34)16-32-10-12-33(13-11-32)28-24-5-3-2-4-22(24)23-8-6-19(29(30)35)14-25(23)28/h2-9,14-15,20,28,34H,10-13,16-17H2,1H3,(H2,30,35)/t20-,28?/m1/s1. The van der Waals surface area contributed by atoms with Crippen LogP contribution in [-0.4, -0.2) is 71.2 Å². The lowest BCUT2D eigenvalue weighted by Gasteiger charge is -2.39. The molecule has 0 saturated carbocycles. The van der Waals surface area contributed by atoms with E-state index in [-0.39, 0.29) is 12.6 Å². The number of nitrogens with zero attached hydrogens (tertiary/aromatic N) is 3. The normalized spacial score (nSPS) is 18.5. The first kappa shape index (κ1) is 24.1. The highest BCUT2D eigenvalue weighted by atomic mass is 32.1. The van der Waals surface area contributed by atoms with Gasteiger partial charge in [0.25, 0.3) is 0 Å². The summed E-state index contributed by atoms with van der Waals surface area (Å²) < 4.78 is 7.02. The number of ether oxygens (including phenoxy) is 1. The molecule has 1 aliphatic heterocycles. The quantitative estimate of drug-likeness (QED) is 0.390. The molecule has 2 heterocycles. The number of aryl methyl sites for hydroxylation is 1. The van der Waals surface area contributed by atoms with Crippen molar-refractivity contribution in [3.63, 3.8) is 0 Å². The van der Waals surface area contributed by atoms with Crippen LogP contribution in [0.1, 0.15) is 32.5 Å². The maximum atomic E-state index is 11.9. The van der Waals surface area contributed by atoms with Gasteiger partial charge in [0.05, 0.1) is 21.3 Å². The summed E-state index contributed by atoms with van der Waals surface area (Å²) in [6.07, 6.45) is -0.578. The number of piperazine rings is 1. The molecule has 0 radical (unpaired) electrons. The number of fused-ring (bicyclic) bond motifs is 4. The molecule has 190 valence electrons. The van der Waals surface area contributed by atoms with Crippen LogP contribution in [0.2, 0.25) is 0 Å². The molecule has 3 N–H and O–H groups in total. The number of aliphatic hydroxyl groups is 1. The van der Waals surface area contributed by atoms with E-state index < -0.39 is 12.0 Å². The van der Waals surface area contributed by atoms with Crippen molar-refractivity contribution in [1.82, 2.24) is 14.8 Å². The third-order valence-corrected chi connectivity index (χ3v) is 8.28. The van der Waals surface area contributed by atoms with Crippen LogP contribution in [0, 0.1) is 6.92 Å². The Morgan fingerprint density at radius 3 is 2.68 bits per heavy atom. The maximum absolute atomic E-state index is 11.9. The summed E-state index contributed by atoms with van der Waals surface area (Å²) in [6.45, 7) is 6.25. The number of benzene rings is 3. The van der Waals surface area contributed by atoms with Crippen molar-refractivity contribution >= 4 is 27.5 Å². The fourth-order valence-corrected chi connectivity index (χ4v) is 6.40. The van der Waals surface area contributed by atoms with Crippen molar-refractivity contribution in [2.75, 3.05) is 39.3 Å². The zero-order valence-electron chi connectivity index (χ0n) is 20.8. The minimum absolute atomic E-state index is 0.102. The Hall–Kier alpha value is -3.30. The Labute approximate surface area is 220 Å². The van der Waals surface area contributed by atoms with Crippen LogP contribution < -0.4 is 10.5 Å². The van der Waals surface area contributed by atoms with Crippen molar-refractivity contribution in [3.8, 4) is 16.9 Å². The molecule has 2 aliphatic rings. The number of aliphatic hydroxyl groups excluding tert-OH is 1. The first-order valence-electron chi connectivity index (χ1n) is 12.6. The van der Waals surface area contributed by atoms with Gasteiger partial charge in [0, 0.05) is 44.4 Å². The van der Waals surface area contributed by atoms with Gasteiger partial charge in [-0.1, -0.05) is 30.3 Å². The molecule has 7 nitrogen and oxygen atoms in total. The van der Waals surface area contributed by atoms with E-state index in [9.17, 15) is 9.90 Å². The van der Waals surface area contributed by atoms with Crippen molar-refractivity contribution in [2.24, 2.45) is 5.73 Å². The lowest BCUT2D eigenvalue weighted by atomic mass is 10.00. The smallest absolute Gasteiger partial charge is 0.248 e. The van der Waals surface area contributed by atoms with Crippen molar-refractivity contribution < 1.29 is 14.6 Å². The van der Waals surface area contributed by atoms with Crippen LogP contribution in [0.3, 0.4) is 0 Å². The van der Waals surface area contributed by atoms with Crippen LogP contribution in [0.4, 0.5) is 0 Å². The summed E-state index contributed by atoms with van der Waals surface area (Å²) in [4.78, 5) is 21.1. The molecule has 3 aromatic carbocycles. The van der Waals surface area contributed by atoms with Gasteiger partial charge < -0.3 is 15.6 Å². The number of amides is 1. The highest BCUT2D eigenvalue weighted by Gasteiger charge is 2.35. The molecule has 6 rings (SSSR count). The van der Waals surface area contributed by atoms with E-state index in [0.29, 0.717) is 12.1 Å². The van der Waals surface area contributed by atoms with Crippen molar-refractivity contribution in [1.29, 1.82) is 0 Å². The lowest BCUT2D eigenvalue weighted by Crippen LogP contribution is -2.50. The molecule has 1 fully saturated rings. The number of thiazole rings is 1. The van der Waals surface area contributed by atoms with Crippen LogP contribution >= 0.6 is 11.3 Å². The molecule has 1 aliphatic carbocycles. The van der Waals surface area contributed by atoms with Gasteiger partial charge in [-0.2, -0.15) is 0 Å². The fourth-order valence-electron chi connectivity index (χ4n) is 5.59. The van der Waals surface area contributed by atoms with Gasteiger partial charge in [-0.25, -0.2) is 4.98 Å². The molecule has 1 aromatic heterocycles. The third-order valence-electron chi connectivity index (χ3n) is 7.33. The van der Waals surface area contributed by atoms with E-state index in [1.54, 1.807) is 11.3 Å². The Morgan fingerprint density at radius 2 is 1.86 bits per heavy atom. The van der Waals surface area contributed by atoms with Gasteiger partial charge in [0.15, 0.2) is 0 Å². The van der Waals surface area contributed by atoms with Crippen molar-refractivity contribution in [2.45, 2.75) is 19.1 Å². The van der Waals surface area contributed by atoms with E-state index >= 15 is 0 Å². The van der Waals surface area contributed by atoms with Gasteiger partial charge in [-0.05, 0) is 53.4 Å². The summed E-state index contributed by atoms with van der Waals surface area (Å²) in [5.74, 6) is 0.329. The Balaban J connectivity index is 1.08. The topological polar surface area (TPSA) is 91.9 Å². The predicted molar refractivity (Wildman–Crippen MR) is 146 cm³/mol. The number of nitrogens with two attached hydrogens (primary N) is 1. The molecule has 2 atom stereocenters.